The van der Waals surface area contributed by atoms with Gasteiger partial charge in [-0.05, 0) is 32.4 Å². The molecule has 0 bridgehead atoms. The third-order valence-electron chi connectivity index (χ3n) is 4.52. The van der Waals surface area contributed by atoms with E-state index >= 15 is 0 Å². The van der Waals surface area contributed by atoms with E-state index in [1.54, 1.807) is 6.08 Å². The summed E-state index contributed by atoms with van der Waals surface area (Å²) in [6, 6.07) is 0.630. The van der Waals surface area contributed by atoms with Crippen LogP contribution in [0.2, 0.25) is 0 Å². The van der Waals surface area contributed by atoms with E-state index in [2.05, 4.69) is 14.9 Å². The molecule has 6 nitrogen and oxygen atoms in total. The van der Waals surface area contributed by atoms with Crippen LogP contribution in [0.1, 0.15) is 24.1 Å². The van der Waals surface area contributed by atoms with Crippen LogP contribution in [0.4, 0.5) is 5.82 Å². The maximum atomic E-state index is 10.8. The van der Waals surface area contributed by atoms with Crippen LogP contribution in [0.5, 0.6) is 0 Å². The summed E-state index contributed by atoms with van der Waals surface area (Å²) in [6.07, 6.45) is 5.41. The van der Waals surface area contributed by atoms with Crippen LogP contribution in [-0.4, -0.2) is 58.0 Å². The largest absolute Gasteiger partial charge is 0.478 e. The van der Waals surface area contributed by atoms with E-state index in [1.165, 1.54) is 25.5 Å². The third-order valence-corrected chi connectivity index (χ3v) is 4.52. The van der Waals surface area contributed by atoms with Crippen molar-refractivity contribution in [3.05, 3.63) is 17.3 Å². The molecule has 2 aliphatic heterocycles. The van der Waals surface area contributed by atoms with Crippen LogP contribution in [-0.2, 0) is 11.8 Å². The van der Waals surface area contributed by atoms with Crippen LogP contribution in [0, 0.1) is 6.92 Å². The summed E-state index contributed by atoms with van der Waals surface area (Å²) in [4.78, 5) is 15.7. The van der Waals surface area contributed by atoms with Crippen molar-refractivity contribution in [2.24, 2.45) is 7.05 Å². The Morgan fingerprint density at radius 3 is 2.95 bits per heavy atom. The molecule has 1 N–H and O–H groups in total. The van der Waals surface area contributed by atoms with Crippen molar-refractivity contribution in [1.29, 1.82) is 0 Å². The Morgan fingerprint density at radius 1 is 1.38 bits per heavy atom. The molecule has 0 spiro atoms. The molecule has 21 heavy (non-hydrogen) atoms. The molecular weight excluding hydrogens is 268 g/mol. The number of aromatic nitrogens is 2. The number of fused-ring (bicyclic) bond motifs is 1. The van der Waals surface area contributed by atoms with Gasteiger partial charge >= 0.3 is 5.97 Å². The van der Waals surface area contributed by atoms with Gasteiger partial charge < -0.3 is 10.0 Å². The van der Waals surface area contributed by atoms with Crippen molar-refractivity contribution in [2.75, 3.05) is 31.1 Å². The fourth-order valence-electron chi connectivity index (χ4n) is 3.57. The molecule has 2 saturated heterocycles. The minimum atomic E-state index is -0.926. The average molecular weight is 290 g/mol. The highest BCUT2D eigenvalue weighted by molar-refractivity contribution is 5.87. The van der Waals surface area contributed by atoms with Gasteiger partial charge in [-0.2, -0.15) is 5.10 Å². The molecule has 2 aliphatic rings. The molecule has 0 aliphatic carbocycles. The number of piperazine rings is 1. The summed E-state index contributed by atoms with van der Waals surface area (Å²) < 4.78 is 1.88. The minimum absolute atomic E-state index is 0.630. The molecule has 1 aromatic heterocycles. The highest BCUT2D eigenvalue weighted by Crippen LogP contribution is 2.29. The number of nitrogens with zero attached hydrogens (tertiary/aromatic N) is 4. The quantitative estimate of drug-likeness (QED) is 0.845. The fraction of sp³-hybridized carbons (Fsp3) is 0.600. The highest BCUT2D eigenvalue weighted by atomic mass is 16.4. The summed E-state index contributed by atoms with van der Waals surface area (Å²) in [5, 5.41) is 13.3. The number of anilines is 1. The topological polar surface area (TPSA) is 61.6 Å². The lowest BCUT2D eigenvalue weighted by molar-refractivity contribution is -0.131. The zero-order chi connectivity index (χ0) is 15.0. The number of aryl methyl sites for hydroxylation is 2. The van der Waals surface area contributed by atoms with Crippen molar-refractivity contribution < 1.29 is 9.90 Å². The average Bonchev–Trinajstić information content (AvgIpc) is 2.99. The summed E-state index contributed by atoms with van der Waals surface area (Å²) >= 11 is 0. The second-order valence-electron chi connectivity index (χ2n) is 5.90. The minimum Gasteiger partial charge on any atom is -0.478 e. The van der Waals surface area contributed by atoms with Gasteiger partial charge in [0.25, 0.3) is 0 Å². The Labute approximate surface area is 124 Å². The Hall–Kier alpha value is -1.82. The van der Waals surface area contributed by atoms with E-state index in [9.17, 15) is 4.79 Å². The predicted octanol–water partition coefficient (Wildman–Crippen LogP) is 1.11. The number of aliphatic carboxylic acids is 1. The second-order valence-corrected chi connectivity index (χ2v) is 5.90. The normalized spacial score (nSPS) is 23.0. The van der Waals surface area contributed by atoms with Gasteiger partial charge in [0.05, 0.1) is 5.69 Å². The van der Waals surface area contributed by atoms with Crippen molar-refractivity contribution >= 4 is 17.9 Å². The summed E-state index contributed by atoms with van der Waals surface area (Å²) in [5.74, 6) is 0.112. The molecule has 3 heterocycles. The zero-order valence-electron chi connectivity index (χ0n) is 12.6. The predicted molar refractivity (Wildman–Crippen MR) is 81.4 cm³/mol. The van der Waals surface area contributed by atoms with Gasteiger partial charge in [0.15, 0.2) is 0 Å². The molecule has 0 radical (unpaired) electrons. The zero-order valence-corrected chi connectivity index (χ0v) is 12.6. The Kier molecular flexibility index (Phi) is 3.71. The Bertz CT molecular complexity index is 578. The van der Waals surface area contributed by atoms with E-state index < -0.39 is 5.97 Å². The molecule has 3 rings (SSSR count). The fourth-order valence-corrected chi connectivity index (χ4v) is 3.57. The van der Waals surface area contributed by atoms with Gasteiger partial charge in [0, 0.05) is 44.4 Å². The van der Waals surface area contributed by atoms with E-state index in [4.69, 9.17) is 5.11 Å². The van der Waals surface area contributed by atoms with Crippen molar-refractivity contribution in [3.63, 3.8) is 0 Å². The van der Waals surface area contributed by atoms with Crippen LogP contribution in [0.15, 0.2) is 6.08 Å². The molecule has 2 fully saturated rings. The Balaban J connectivity index is 1.89. The van der Waals surface area contributed by atoms with Crippen molar-refractivity contribution in [2.45, 2.75) is 25.8 Å². The van der Waals surface area contributed by atoms with Crippen molar-refractivity contribution in [3.8, 4) is 0 Å². The van der Waals surface area contributed by atoms with E-state index in [0.29, 0.717) is 6.04 Å². The number of hydrogen-bond donors (Lipinski definition) is 1. The monoisotopic (exact) mass is 290 g/mol. The molecule has 0 amide bonds. The van der Waals surface area contributed by atoms with Gasteiger partial charge in [-0.3, -0.25) is 9.58 Å². The highest BCUT2D eigenvalue weighted by Gasteiger charge is 2.32. The van der Waals surface area contributed by atoms with Crippen molar-refractivity contribution in [1.82, 2.24) is 14.7 Å². The van der Waals surface area contributed by atoms with Gasteiger partial charge in [-0.15, -0.1) is 0 Å². The molecule has 1 atom stereocenters. The lowest BCUT2D eigenvalue weighted by Gasteiger charge is -2.38. The van der Waals surface area contributed by atoms with E-state index in [-0.39, 0.29) is 0 Å². The van der Waals surface area contributed by atoms with Gasteiger partial charge in [0.1, 0.15) is 5.82 Å². The number of carboxylic acid groups (broad SMARTS) is 1. The van der Waals surface area contributed by atoms with Crippen LogP contribution < -0.4 is 4.90 Å². The first-order valence-corrected chi connectivity index (χ1v) is 7.50. The van der Waals surface area contributed by atoms with E-state index in [0.717, 1.165) is 36.7 Å². The molecule has 0 aromatic carbocycles. The lowest BCUT2D eigenvalue weighted by Crippen LogP contribution is -2.50. The van der Waals surface area contributed by atoms with Crippen LogP contribution in [0.3, 0.4) is 0 Å². The maximum absolute atomic E-state index is 10.8. The molecule has 114 valence electrons. The summed E-state index contributed by atoms with van der Waals surface area (Å²) in [7, 11) is 1.93. The van der Waals surface area contributed by atoms with Gasteiger partial charge in [-0.25, -0.2) is 4.79 Å². The molecular formula is C15H22N4O2. The lowest BCUT2D eigenvalue weighted by atomic mass is 10.1. The van der Waals surface area contributed by atoms with E-state index in [1.807, 2.05) is 18.7 Å². The SMILES string of the molecule is Cc1nn(C)c(N2CCN3CCCC3C2)c1/C=C/C(=O)O. The van der Waals surface area contributed by atoms with Crippen LogP contribution >= 0.6 is 0 Å². The smallest absolute Gasteiger partial charge is 0.328 e. The maximum Gasteiger partial charge on any atom is 0.328 e. The number of hydrogen-bond acceptors (Lipinski definition) is 4. The number of carbonyl (C=O) groups is 1. The third kappa shape index (κ3) is 2.68. The molecule has 1 aromatic rings. The second kappa shape index (κ2) is 5.52. The Morgan fingerprint density at radius 2 is 2.19 bits per heavy atom. The first-order chi connectivity index (χ1) is 10.1. The molecule has 1 unspecified atom stereocenters. The summed E-state index contributed by atoms with van der Waals surface area (Å²) in [5.41, 5.74) is 1.80. The first-order valence-electron chi connectivity index (χ1n) is 7.50. The molecule has 0 saturated carbocycles. The number of rotatable bonds is 3. The van der Waals surface area contributed by atoms with Gasteiger partial charge in [0.2, 0.25) is 0 Å². The number of carboxylic acids is 1. The van der Waals surface area contributed by atoms with Gasteiger partial charge in [-0.1, -0.05) is 0 Å². The van der Waals surface area contributed by atoms with Crippen LogP contribution in [0.25, 0.3) is 6.08 Å². The first kappa shape index (κ1) is 14.1. The standard InChI is InChI=1S/C15H22N4O2/c1-11-13(5-6-14(20)21)15(17(2)16-11)19-9-8-18-7-3-4-12(18)10-19/h5-6,12H,3-4,7-10H2,1-2H3,(H,20,21)/b6-5+. The summed E-state index contributed by atoms with van der Waals surface area (Å²) in [6.45, 7) is 6.21. The molecule has 6 heteroatoms.